The Hall–Kier alpha value is -0.610. The maximum Gasteiger partial charge on any atom is 0.239 e. The number of nitrogens with one attached hydrogen (secondary N) is 1. The van der Waals surface area contributed by atoms with E-state index in [0.29, 0.717) is 0 Å². The van der Waals surface area contributed by atoms with E-state index in [1.165, 1.54) is 0 Å². The lowest BCUT2D eigenvalue weighted by Crippen LogP contribution is -2.54. The number of aliphatic hydroxyl groups excluding tert-OH is 1. The first-order valence-electron chi connectivity index (χ1n) is 5.70. The van der Waals surface area contributed by atoms with Crippen LogP contribution < -0.4 is 5.32 Å². The lowest BCUT2D eigenvalue weighted by Gasteiger charge is -2.38. The standard InChI is InChI=1S/C11H22N2O2/c1-8(7-14)9(2)13-6-4-5-10(12-3)11(13)15/h8-10,12,14H,4-7H2,1-3H3. The van der Waals surface area contributed by atoms with Gasteiger partial charge in [-0.3, -0.25) is 4.79 Å². The van der Waals surface area contributed by atoms with Crippen molar-refractivity contribution in [2.45, 2.75) is 38.8 Å². The summed E-state index contributed by atoms with van der Waals surface area (Å²) in [6, 6.07) is 0.0887. The monoisotopic (exact) mass is 214 g/mol. The number of rotatable bonds is 4. The van der Waals surface area contributed by atoms with Crippen molar-refractivity contribution in [3.8, 4) is 0 Å². The molecule has 1 aliphatic rings. The van der Waals surface area contributed by atoms with Gasteiger partial charge >= 0.3 is 0 Å². The van der Waals surface area contributed by atoms with Crippen molar-refractivity contribution >= 4 is 5.91 Å². The number of amides is 1. The molecule has 0 aromatic carbocycles. The van der Waals surface area contributed by atoms with Crippen molar-refractivity contribution in [1.82, 2.24) is 10.2 Å². The topological polar surface area (TPSA) is 52.6 Å². The molecule has 1 saturated heterocycles. The van der Waals surface area contributed by atoms with E-state index in [2.05, 4.69) is 5.32 Å². The Labute approximate surface area is 91.6 Å². The molecule has 4 heteroatoms. The molecular weight excluding hydrogens is 192 g/mol. The lowest BCUT2D eigenvalue weighted by atomic mass is 9.97. The highest BCUT2D eigenvalue weighted by molar-refractivity contribution is 5.82. The van der Waals surface area contributed by atoms with Gasteiger partial charge in [0.1, 0.15) is 0 Å². The quantitative estimate of drug-likeness (QED) is 0.703. The van der Waals surface area contributed by atoms with Gasteiger partial charge in [0, 0.05) is 19.2 Å². The van der Waals surface area contributed by atoms with Gasteiger partial charge in [0.2, 0.25) is 5.91 Å². The molecule has 15 heavy (non-hydrogen) atoms. The van der Waals surface area contributed by atoms with Crippen molar-refractivity contribution < 1.29 is 9.90 Å². The van der Waals surface area contributed by atoms with E-state index < -0.39 is 0 Å². The number of hydrogen-bond donors (Lipinski definition) is 2. The average molecular weight is 214 g/mol. The number of piperidine rings is 1. The smallest absolute Gasteiger partial charge is 0.239 e. The number of likely N-dealkylation sites (tertiary alicyclic amines) is 1. The second kappa shape index (κ2) is 5.47. The first kappa shape index (κ1) is 12.5. The minimum Gasteiger partial charge on any atom is -0.396 e. The normalized spacial score (nSPS) is 26.5. The van der Waals surface area contributed by atoms with Crippen LogP contribution in [-0.2, 0) is 4.79 Å². The molecule has 2 N–H and O–H groups in total. The molecule has 1 heterocycles. The molecule has 3 unspecified atom stereocenters. The van der Waals surface area contributed by atoms with Crippen molar-refractivity contribution in [3.05, 3.63) is 0 Å². The van der Waals surface area contributed by atoms with Crippen molar-refractivity contribution in [2.24, 2.45) is 5.92 Å². The Morgan fingerprint density at radius 2 is 2.27 bits per heavy atom. The van der Waals surface area contributed by atoms with Crippen LogP contribution in [0.2, 0.25) is 0 Å². The summed E-state index contributed by atoms with van der Waals surface area (Å²) in [6.07, 6.45) is 1.96. The van der Waals surface area contributed by atoms with Crippen LogP contribution in [0.1, 0.15) is 26.7 Å². The van der Waals surface area contributed by atoms with Gasteiger partial charge in [0.15, 0.2) is 0 Å². The molecule has 0 aromatic rings. The fourth-order valence-electron chi connectivity index (χ4n) is 2.03. The number of carbonyl (C=O) groups is 1. The van der Waals surface area contributed by atoms with Gasteiger partial charge < -0.3 is 15.3 Å². The number of carbonyl (C=O) groups excluding carboxylic acids is 1. The second-order valence-corrected chi connectivity index (χ2v) is 4.42. The highest BCUT2D eigenvalue weighted by atomic mass is 16.3. The van der Waals surface area contributed by atoms with E-state index >= 15 is 0 Å². The predicted octanol–water partition coefficient (Wildman–Crippen LogP) is 0.214. The van der Waals surface area contributed by atoms with Gasteiger partial charge in [0.25, 0.3) is 0 Å². The predicted molar refractivity (Wildman–Crippen MR) is 59.5 cm³/mol. The number of nitrogens with zero attached hydrogens (tertiary/aromatic N) is 1. The van der Waals surface area contributed by atoms with Gasteiger partial charge in [-0.25, -0.2) is 0 Å². The van der Waals surface area contributed by atoms with E-state index in [1.807, 2.05) is 25.8 Å². The Bertz CT molecular complexity index is 221. The zero-order valence-corrected chi connectivity index (χ0v) is 9.86. The van der Waals surface area contributed by atoms with E-state index in [0.717, 1.165) is 19.4 Å². The fourth-order valence-corrected chi connectivity index (χ4v) is 2.03. The van der Waals surface area contributed by atoms with Crippen LogP contribution in [0, 0.1) is 5.92 Å². The van der Waals surface area contributed by atoms with Crippen LogP contribution >= 0.6 is 0 Å². The van der Waals surface area contributed by atoms with Crippen molar-refractivity contribution in [2.75, 3.05) is 20.2 Å². The highest BCUT2D eigenvalue weighted by Crippen LogP contribution is 2.18. The van der Waals surface area contributed by atoms with E-state index in [1.54, 1.807) is 0 Å². The summed E-state index contributed by atoms with van der Waals surface area (Å²) in [4.78, 5) is 13.9. The van der Waals surface area contributed by atoms with Crippen LogP contribution in [0.4, 0.5) is 0 Å². The summed E-state index contributed by atoms with van der Waals surface area (Å²) in [6.45, 7) is 4.94. The second-order valence-electron chi connectivity index (χ2n) is 4.42. The fraction of sp³-hybridized carbons (Fsp3) is 0.909. The van der Waals surface area contributed by atoms with Crippen molar-refractivity contribution in [1.29, 1.82) is 0 Å². The lowest BCUT2D eigenvalue weighted by molar-refractivity contribution is -0.139. The van der Waals surface area contributed by atoms with E-state index in [4.69, 9.17) is 5.11 Å². The molecule has 3 atom stereocenters. The summed E-state index contributed by atoms with van der Waals surface area (Å²) in [5, 5.41) is 12.1. The van der Waals surface area contributed by atoms with Gasteiger partial charge in [-0.1, -0.05) is 6.92 Å². The molecule has 1 rings (SSSR count). The molecule has 4 nitrogen and oxygen atoms in total. The molecule has 0 aliphatic carbocycles. The maximum absolute atomic E-state index is 12.0. The Kier molecular flexibility index (Phi) is 4.54. The maximum atomic E-state index is 12.0. The minimum atomic E-state index is -0.0351. The zero-order valence-electron chi connectivity index (χ0n) is 9.86. The molecule has 1 fully saturated rings. The molecule has 0 radical (unpaired) electrons. The van der Waals surface area contributed by atoms with Gasteiger partial charge in [0.05, 0.1) is 6.04 Å². The SMILES string of the molecule is CNC1CCCN(C(C)C(C)CO)C1=O. The van der Waals surface area contributed by atoms with Gasteiger partial charge in [-0.2, -0.15) is 0 Å². The number of hydrogen-bond acceptors (Lipinski definition) is 3. The molecule has 0 spiro atoms. The number of aliphatic hydroxyl groups is 1. The van der Waals surface area contributed by atoms with Gasteiger partial charge in [-0.15, -0.1) is 0 Å². The first-order valence-corrected chi connectivity index (χ1v) is 5.70. The third kappa shape index (κ3) is 2.69. The third-order valence-electron chi connectivity index (χ3n) is 3.42. The third-order valence-corrected chi connectivity index (χ3v) is 3.42. The molecule has 0 bridgehead atoms. The number of likely N-dealkylation sites (N-methyl/N-ethyl adjacent to an activating group) is 1. The zero-order chi connectivity index (χ0) is 11.4. The van der Waals surface area contributed by atoms with Crippen LogP contribution in [0.15, 0.2) is 0 Å². The molecule has 0 saturated carbocycles. The van der Waals surface area contributed by atoms with Gasteiger partial charge in [-0.05, 0) is 32.7 Å². The minimum absolute atomic E-state index is 0.0351. The summed E-state index contributed by atoms with van der Waals surface area (Å²) in [5.41, 5.74) is 0. The van der Waals surface area contributed by atoms with E-state index in [9.17, 15) is 4.79 Å². The summed E-state index contributed by atoms with van der Waals surface area (Å²) in [7, 11) is 1.83. The van der Waals surface area contributed by atoms with Crippen LogP contribution in [0.5, 0.6) is 0 Å². The molecule has 1 amide bonds. The summed E-state index contributed by atoms with van der Waals surface area (Å²) in [5.74, 6) is 0.320. The molecule has 1 aliphatic heterocycles. The van der Waals surface area contributed by atoms with Crippen LogP contribution in [-0.4, -0.2) is 48.2 Å². The summed E-state index contributed by atoms with van der Waals surface area (Å²) >= 11 is 0. The highest BCUT2D eigenvalue weighted by Gasteiger charge is 2.32. The largest absolute Gasteiger partial charge is 0.396 e. The van der Waals surface area contributed by atoms with E-state index in [-0.39, 0.29) is 30.5 Å². The summed E-state index contributed by atoms with van der Waals surface area (Å²) < 4.78 is 0. The average Bonchev–Trinajstić information content (AvgIpc) is 2.27. The Balaban J connectivity index is 2.64. The Morgan fingerprint density at radius 3 is 2.80 bits per heavy atom. The molecule has 88 valence electrons. The van der Waals surface area contributed by atoms with Crippen LogP contribution in [0.3, 0.4) is 0 Å². The molecule has 0 aromatic heterocycles. The first-order chi connectivity index (χ1) is 7.11. The van der Waals surface area contributed by atoms with Crippen molar-refractivity contribution in [3.63, 3.8) is 0 Å². The Morgan fingerprint density at radius 1 is 1.60 bits per heavy atom. The molecular formula is C11H22N2O2. The van der Waals surface area contributed by atoms with Crippen LogP contribution in [0.25, 0.3) is 0 Å².